The molecule has 0 amide bonds. The molecule has 1 heterocycles. The van der Waals surface area contributed by atoms with E-state index < -0.39 is 0 Å². The average molecular weight is 227 g/mol. The van der Waals surface area contributed by atoms with Gasteiger partial charge in [0.2, 0.25) is 11.9 Å². The van der Waals surface area contributed by atoms with Gasteiger partial charge in [0.05, 0.1) is 6.61 Å². The first-order chi connectivity index (χ1) is 7.76. The summed E-state index contributed by atoms with van der Waals surface area (Å²) in [7, 11) is 0. The molecule has 0 unspecified atom stereocenters. The highest BCUT2D eigenvalue weighted by Crippen LogP contribution is 2.08. The van der Waals surface area contributed by atoms with Crippen LogP contribution in [-0.2, 0) is 0 Å². The SMILES string of the molecule is CCCOc1nc(N)nc(NCCCO)n1. The lowest BCUT2D eigenvalue weighted by Gasteiger charge is -2.06. The first-order valence-corrected chi connectivity index (χ1v) is 5.25. The van der Waals surface area contributed by atoms with Crippen LogP contribution in [0.3, 0.4) is 0 Å². The van der Waals surface area contributed by atoms with Gasteiger partial charge in [0.1, 0.15) is 0 Å². The number of nitrogens with two attached hydrogens (primary N) is 1. The maximum atomic E-state index is 8.63. The average Bonchev–Trinajstić information content (AvgIpc) is 2.26. The van der Waals surface area contributed by atoms with Crippen molar-refractivity contribution in [2.75, 3.05) is 30.8 Å². The predicted molar refractivity (Wildman–Crippen MR) is 60.2 cm³/mol. The zero-order valence-corrected chi connectivity index (χ0v) is 9.31. The van der Waals surface area contributed by atoms with Crippen LogP contribution < -0.4 is 15.8 Å². The number of ether oxygens (including phenoxy) is 1. The van der Waals surface area contributed by atoms with Crippen LogP contribution in [0.25, 0.3) is 0 Å². The highest BCUT2D eigenvalue weighted by atomic mass is 16.5. The maximum absolute atomic E-state index is 8.63. The Balaban J connectivity index is 2.58. The van der Waals surface area contributed by atoms with Gasteiger partial charge in [-0.1, -0.05) is 6.92 Å². The number of aliphatic hydroxyl groups excluding tert-OH is 1. The Morgan fingerprint density at radius 2 is 2.19 bits per heavy atom. The molecule has 0 spiro atoms. The molecule has 90 valence electrons. The number of anilines is 2. The Bertz CT molecular complexity index is 321. The van der Waals surface area contributed by atoms with E-state index in [-0.39, 0.29) is 18.6 Å². The van der Waals surface area contributed by atoms with Gasteiger partial charge in [-0.05, 0) is 12.8 Å². The molecule has 0 radical (unpaired) electrons. The molecule has 0 aromatic carbocycles. The maximum Gasteiger partial charge on any atom is 0.323 e. The number of aliphatic hydroxyl groups is 1. The molecule has 7 heteroatoms. The van der Waals surface area contributed by atoms with Crippen molar-refractivity contribution >= 4 is 11.9 Å². The number of aromatic nitrogens is 3. The van der Waals surface area contributed by atoms with Crippen LogP contribution >= 0.6 is 0 Å². The molecular weight excluding hydrogens is 210 g/mol. The summed E-state index contributed by atoms with van der Waals surface area (Å²) in [4.78, 5) is 11.8. The summed E-state index contributed by atoms with van der Waals surface area (Å²) >= 11 is 0. The van der Waals surface area contributed by atoms with Gasteiger partial charge in [-0.2, -0.15) is 15.0 Å². The molecule has 7 nitrogen and oxygen atoms in total. The highest BCUT2D eigenvalue weighted by Gasteiger charge is 2.04. The van der Waals surface area contributed by atoms with Crippen LogP contribution in [0, 0.1) is 0 Å². The minimum absolute atomic E-state index is 0.118. The molecule has 1 aromatic rings. The summed E-state index contributed by atoms with van der Waals surface area (Å²) in [6.07, 6.45) is 1.50. The number of hydrogen-bond acceptors (Lipinski definition) is 7. The lowest BCUT2D eigenvalue weighted by molar-refractivity contribution is 0.290. The lowest BCUT2D eigenvalue weighted by atomic mass is 10.4. The topological polar surface area (TPSA) is 106 Å². The molecule has 1 rings (SSSR count). The van der Waals surface area contributed by atoms with Crippen molar-refractivity contribution in [3.63, 3.8) is 0 Å². The molecule has 0 saturated carbocycles. The van der Waals surface area contributed by atoms with Crippen LogP contribution in [-0.4, -0.2) is 39.8 Å². The first-order valence-electron chi connectivity index (χ1n) is 5.25. The second-order valence-electron chi connectivity index (χ2n) is 3.15. The van der Waals surface area contributed by atoms with Crippen molar-refractivity contribution in [3.8, 4) is 6.01 Å². The van der Waals surface area contributed by atoms with Crippen LogP contribution in [0.5, 0.6) is 6.01 Å². The molecule has 0 fully saturated rings. The minimum Gasteiger partial charge on any atom is -0.463 e. The summed E-state index contributed by atoms with van der Waals surface area (Å²) in [5, 5.41) is 11.5. The Hall–Kier alpha value is -1.63. The normalized spacial score (nSPS) is 10.1. The summed E-state index contributed by atoms with van der Waals surface area (Å²) in [5.74, 6) is 0.486. The van der Waals surface area contributed by atoms with E-state index in [0.717, 1.165) is 6.42 Å². The smallest absolute Gasteiger partial charge is 0.323 e. The standard InChI is InChI=1S/C9H17N5O2/c1-2-6-16-9-13-7(10)12-8(14-9)11-4-3-5-15/h15H,2-6H2,1H3,(H3,10,11,12,13,14). The van der Waals surface area contributed by atoms with Crippen LogP contribution in [0.4, 0.5) is 11.9 Å². The van der Waals surface area contributed by atoms with Gasteiger partial charge in [-0.3, -0.25) is 0 Å². The monoisotopic (exact) mass is 227 g/mol. The van der Waals surface area contributed by atoms with Gasteiger partial charge in [-0.25, -0.2) is 0 Å². The highest BCUT2D eigenvalue weighted by molar-refractivity contribution is 5.32. The number of nitrogens with one attached hydrogen (secondary N) is 1. The Morgan fingerprint density at radius 1 is 1.38 bits per heavy atom. The zero-order chi connectivity index (χ0) is 11.8. The number of rotatable bonds is 7. The Labute approximate surface area is 94.1 Å². The molecule has 0 aliphatic rings. The van der Waals surface area contributed by atoms with Gasteiger partial charge in [0.15, 0.2) is 0 Å². The number of nitrogens with zero attached hydrogens (tertiary/aromatic N) is 3. The van der Waals surface area contributed by atoms with E-state index in [9.17, 15) is 0 Å². The van der Waals surface area contributed by atoms with Gasteiger partial charge in [-0.15, -0.1) is 0 Å². The van der Waals surface area contributed by atoms with Crippen molar-refractivity contribution < 1.29 is 9.84 Å². The predicted octanol–water partition coefficient (Wildman–Crippen LogP) is 0.0369. The molecule has 0 bridgehead atoms. The molecule has 0 saturated heterocycles. The molecule has 0 atom stereocenters. The third kappa shape index (κ3) is 4.26. The molecule has 0 aliphatic carbocycles. The second-order valence-corrected chi connectivity index (χ2v) is 3.15. The van der Waals surface area contributed by atoms with Crippen molar-refractivity contribution in [2.24, 2.45) is 0 Å². The first kappa shape index (κ1) is 12.4. The zero-order valence-electron chi connectivity index (χ0n) is 9.31. The minimum atomic E-state index is 0.118. The molecule has 16 heavy (non-hydrogen) atoms. The Morgan fingerprint density at radius 3 is 2.88 bits per heavy atom. The second kappa shape index (κ2) is 6.78. The van der Waals surface area contributed by atoms with Gasteiger partial charge >= 0.3 is 6.01 Å². The third-order valence-corrected chi connectivity index (χ3v) is 1.69. The fourth-order valence-electron chi connectivity index (χ4n) is 0.988. The van der Waals surface area contributed by atoms with Gasteiger partial charge in [0, 0.05) is 13.2 Å². The van der Waals surface area contributed by atoms with Gasteiger partial charge in [0.25, 0.3) is 0 Å². The fourth-order valence-corrected chi connectivity index (χ4v) is 0.988. The largest absolute Gasteiger partial charge is 0.463 e. The van der Waals surface area contributed by atoms with Crippen LogP contribution in [0.15, 0.2) is 0 Å². The van der Waals surface area contributed by atoms with Crippen molar-refractivity contribution in [3.05, 3.63) is 0 Å². The van der Waals surface area contributed by atoms with E-state index in [4.69, 9.17) is 15.6 Å². The van der Waals surface area contributed by atoms with Gasteiger partial charge < -0.3 is 20.9 Å². The molecule has 0 aliphatic heterocycles. The molecular formula is C9H17N5O2. The van der Waals surface area contributed by atoms with E-state index in [1.165, 1.54) is 0 Å². The van der Waals surface area contributed by atoms with Crippen molar-refractivity contribution in [2.45, 2.75) is 19.8 Å². The number of hydrogen-bond donors (Lipinski definition) is 3. The van der Waals surface area contributed by atoms with Crippen molar-refractivity contribution in [1.29, 1.82) is 0 Å². The fraction of sp³-hybridized carbons (Fsp3) is 0.667. The Kier molecular flexibility index (Phi) is 5.27. The summed E-state index contributed by atoms with van der Waals surface area (Å²) < 4.78 is 5.25. The van der Waals surface area contributed by atoms with E-state index >= 15 is 0 Å². The van der Waals surface area contributed by atoms with E-state index in [1.807, 2.05) is 6.92 Å². The molecule has 4 N–H and O–H groups in total. The summed E-state index contributed by atoms with van der Waals surface area (Å²) in [6.45, 7) is 3.23. The number of nitrogen functional groups attached to an aromatic ring is 1. The summed E-state index contributed by atoms with van der Waals surface area (Å²) in [6, 6.07) is 0.223. The molecule has 1 aromatic heterocycles. The summed E-state index contributed by atoms with van der Waals surface area (Å²) in [5.41, 5.74) is 5.50. The van der Waals surface area contributed by atoms with Crippen LogP contribution in [0.2, 0.25) is 0 Å². The van der Waals surface area contributed by atoms with Crippen LogP contribution in [0.1, 0.15) is 19.8 Å². The lowest BCUT2D eigenvalue weighted by Crippen LogP contribution is -2.11. The quantitative estimate of drug-likeness (QED) is 0.564. The van der Waals surface area contributed by atoms with E-state index in [2.05, 4.69) is 20.3 Å². The third-order valence-electron chi connectivity index (χ3n) is 1.69. The van der Waals surface area contributed by atoms with E-state index in [0.29, 0.717) is 25.5 Å². The van der Waals surface area contributed by atoms with E-state index in [1.54, 1.807) is 0 Å². The van der Waals surface area contributed by atoms with Crippen molar-refractivity contribution in [1.82, 2.24) is 15.0 Å².